The molecule has 0 fully saturated rings. The van der Waals surface area contributed by atoms with E-state index in [0.717, 1.165) is 29.6 Å². The van der Waals surface area contributed by atoms with E-state index in [1.807, 2.05) is 60.7 Å². The summed E-state index contributed by atoms with van der Waals surface area (Å²) >= 11 is 0. The molecule has 0 spiro atoms. The van der Waals surface area contributed by atoms with Crippen molar-refractivity contribution in [3.63, 3.8) is 0 Å². The largest absolute Gasteiger partial charge is 0.465 e. The zero-order valence-electron chi connectivity index (χ0n) is 21.8. The van der Waals surface area contributed by atoms with Gasteiger partial charge in [0.1, 0.15) is 0 Å². The van der Waals surface area contributed by atoms with Gasteiger partial charge >= 0.3 is 5.97 Å². The molecule has 0 bridgehead atoms. The minimum Gasteiger partial charge on any atom is -0.465 e. The summed E-state index contributed by atoms with van der Waals surface area (Å²) < 4.78 is 4.74. The lowest BCUT2D eigenvalue weighted by Gasteiger charge is -2.06. The second-order valence-electron chi connectivity index (χ2n) is 7.29. The highest BCUT2D eigenvalue weighted by Gasteiger charge is 2.12. The molecule has 0 saturated heterocycles. The fourth-order valence-corrected chi connectivity index (χ4v) is 3.32. The van der Waals surface area contributed by atoms with Crippen LogP contribution in [0.2, 0.25) is 0 Å². The van der Waals surface area contributed by atoms with Crippen LogP contribution < -0.4 is 11.3 Å². The van der Waals surface area contributed by atoms with Crippen molar-refractivity contribution in [3.05, 3.63) is 131 Å². The number of benzene rings is 2. The van der Waals surface area contributed by atoms with Gasteiger partial charge in [-0.1, -0.05) is 60.7 Å². The monoisotopic (exact) mass is 536 g/mol. The highest BCUT2D eigenvalue weighted by atomic mass is 16.5. The van der Waals surface area contributed by atoms with Gasteiger partial charge in [-0.25, -0.2) is 21.7 Å². The van der Waals surface area contributed by atoms with Gasteiger partial charge in [-0.2, -0.15) is 0 Å². The first-order valence-corrected chi connectivity index (χ1v) is 11.4. The number of hydrogen-bond donors (Lipinski definition) is 5. The maximum absolute atomic E-state index is 11.6. The molecule has 208 valence electrons. The fourth-order valence-electron chi connectivity index (χ4n) is 3.32. The van der Waals surface area contributed by atoms with Crippen LogP contribution in [0.3, 0.4) is 0 Å². The van der Waals surface area contributed by atoms with Gasteiger partial charge in [0.25, 0.3) is 5.91 Å². The average molecular weight is 537 g/mol. The van der Waals surface area contributed by atoms with Crippen molar-refractivity contribution in [2.24, 2.45) is 5.84 Å². The van der Waals surface area contributed by atoms with Crippen LogP contribution in [-0.4, -0.2) is 46.6 Å². The highest BCUT2D eigenvalue weighted by Crippen LogP contribution is 2.13. The minimum absolute atomic E-state index is 0. The lowest BCUT2D eigenvalue weighted by Crippen LogP contribution is -2.31. The summed E-state index contributed by atoms with van der Waals surface area (Å²) in [5, 5.41) is 7.00. The summed E-state index contributed by atoms with van der Waals surface area (Å²) in [6, 6.07) is 26.7. The third kappa shape index (κ3) is 11.4. The molecule has 0 aliphatic rings. The number of nitrogens with one attached hydrogen (secondary N) is 3. The topological polar surface area (TPSA) is 207 Å². The number of methoxy groups -OCH3 is 1. The zero-order chi connectivity index (χ0) is 28.2. The first kappa shape index (κ1) is 34.2. The molecule has 0 unspecified atom stereocenters. The number of aliphatic hydroxyl groups is 1. The summed E-state index contributed by atoms with van der Waals surface area (Å²) in [6.07, 6.45) is 4.60. The van der Waals surface area contributed by atoms with Crippen LogP contribution in [-0.2, 0) is 17.6 Å². The van der Waals surface area contributed by atoms with E-state index in [4.69, 9.17) is 26.7 Å². The van der Waals surface area contributed by atoms with E-state index < -0.39 is 0 Å². The van der Waals surface area contributed by atoms with E-state index >= 15 is 0 Å². The molecule has 2 aromatic carbocycles. The number of hydrazine groups is 1. The number of rotatable bonds is 6. The number of nitrogen functional groups attached to an aromatic ring is 1. The van der Waals surface area contributed by atoms with Gasteiger partial charge in [0.05, 0.1) is 29.6 Å². The second kappa shape index (κ2) is 20.2. The minimum atomic E-state index is -0.343. The molecular weight excluding hydrogens is 500 g/mol. The number of carbonyl (C=O) groups excluding carboxylic acids is 2. The zero-order valence-corrected chi connectivity index (χ0v) is 21.8. The first-order valence-electron chi connectivity index (χ1n) is 11.4. The molecule has 0 radical (unpaired) electrons. The predicted molar refractivity (Wildman–Crippen MR) is 149 cm³/mol. The molecule has 1 amide bonds. The molecule has 4 rings (SSSR count). The Hall–Kier alpha value is -4.84. The van der Waals surface area contributed by atoms with E-state index in [1.54, 1.807) is 36.7 Å². The van der Waals surface area contributed by atoms with Crippen molar-refractivity contribution in [1.29, 1.82) is 11.1 Å². The molecular formula is C28H36N6O5. The number of pyridine rings is 2. The van der Waals surface area contributed by atoms with Crippen LogP contribution in [0.15, 0.2) is 97.3 Å². The number of aromatic nitrogens is 2. The van der Waals surface area contributed by atoms with Crippen LogP contribution in [0.1, 0.15) is 44.7 Å². The Morgan fingerprint density at radius 3 is 1.62 bits per heavy atom. The van der Waals surface area contributed by atoms with E-state index in [9.17, 15) is 9.59 Å². The Morgan fingerprint density at radius 2 is 1.21 bits per heavy atom. The smallest absolute Gasteiger partial charge is 0.339 e. The van der Waals surface area contributed by atoms with Gasteiger partial charge in [0, 0.05) is 33.8 Å². The normalized spacial score (nSPS) is 8.92. The summed E-state index contributed by atoms with van der Waals surface area (Å²) in [7, 11) is 2.38. The summed E-state index contributed by atoms with van der Waals surface area (Å²) in [5.74, 6) is 4.48. The van der Waals surface area contributed by atoms with Gasteiger partial charge in [-0.15, -0.1) is 0 Å². The first-order chi connectivity index (χ1) is 18.6. The maximum Gasteiger partial charge on any atom is 0.339 e. The van der Waals surface area contributed by atoms with Crippen LogP contribution in [0.4, 0.5) is 0 Å². The molecule has 0 saturated carbocycles. The number of amides is 1. The van der Waals surface area contributed by atoms with Gasteiger partial charge in [-0.3, -0.25) is 20.2 Å². The van der Waals surface area contributed by atoms with Crippen LogP contribution in [0.25, 0.3) is 0 Å². The van der Waals surface area contributed by atoms with Crippen molar-refractivity contribution in [2.45, 2.75) is 12.8 Å². The van der Waals surface area contributed by atoms with Crippen molar-refractivity contribution >= 4 is 11.9 Å². The lowest BCUT2D eigenvalue weighted by molar-refractivity contribution is 0.0599. The Morgan fingerprint density at radius 1 is 0.795 bits per heavy atom. The molecule has 0 atom stereocenters. The Bertz CT molecular complexity index is 1150. The van der Waals surface area contributed by atoms with Crippen molar-refractivity contribution in [3.8, 4) is 0 Å². The van der Waals surface area contributed by atoms with E-state index in [2.05, 4.69) is 15.4 Å². The number of esters is 1. The molecule has 39 heavy (non-hydrogen) atoms. The third-order valence-corrected chi connectivity index (χ3v) is 4.99. The molecule has 2 aromatic heterocycles. The van der Waals surface area contributed by atoms with E-state index in [-0.39, 0.29) is 18.8 Å². The van der Waals surface area contributed by atoms with Gasteiger partial charge in [0.2, 0.25) is 0 Å². The van der Waals surface area contributed by atoms with Crippen molar-refractivity contribution < 1.29 is 26.3 Å². The SMILES string of the molecule is CO.COC(=O)c1cccnc1Cc1ccccc1.N=N.NNC(=O)c1cccnc1Cc1ccccc1.O.[HH]. The van der Waals surface area contributed by atoms with Gasteiger partial charge in [-0.05, 0) is 35.4 Å². The van der Waals surface area contributed by atoms with Crippen molar-refractivity contribution in [2.75, 3.05) is 14.2 Å². The van der Waals surface area contributed by atoms with Gasteiger partial charge in [0.15, 0.2) is 0 Å². The van der Waals surface area contributed by atoms with Crippen LogP contribution in [0, 0.1) is 11.1 Å². The number of ether oxygens (including phenoxy) is 1. The van der Waals surface area contributed by atoms with Crippen LogP contribution >= 0.6 is 0 Å². The molecule has 8 N–H and O–H groups in total. The highest BCUT2D eigenvalue weighted by molar-refractivity contribution is 5.94. The van der Waals surface area contributed by atoms with Crippen LogP contribution in [0.5, 0.6) is 0 Å². The summed E-state index contributed by atoms with van der Waals surface area (Å²) in [4.78, 5) is 31.6. The Labute approximate surface area is 228 Å². The number of aliphatic hydroxyl groups excluding tert-OH is 1. The molecule has 11 heteroatoms. The van der Waals surface area contributed by atoms with Crippen molar-refractivity contribution in [1.82, 2.24) is 15.4 Å². The second-order valence-corrected chi connectivity index (χ2v) is 7.29. The average Bonchev–Trinajstić information content (AvgIpc) is 3.00. The standard InChI is InChI=1S/C14H13NO2.C13H13N3O.CH4O.H2N2.H2O.H2/c1-17-14(16)12-8-5-9-15-13(12)10-11-6-3-2-4-7-11;14-16-13(17)11-7-4-8-15-12(11)9-10-5-2-1-3-6-10;2*1-2;;/h2-9H,10H2,1H3;1-8H,9,14H2,(H,16,17);2H,1H3;1-2H;1H2;1H. The lowest BCUT2D eigenvalue weighted by atomic mass is 10.1. The Balaban J connectivity index is 0. The molecule has 11 nitrogen and oxygen atoms in total. The number of nitrogens with two attached hydrogens (primary N) is 1. The third-order valence-electron chi connectivity index (χ3n) is 4.99. The molecule has 0 aliphatic carbocycles. The summed E-state index contributed by atoms with van der Waals surface area (Å²) in [6.45, 7) is 0. The number of hydrogen-bond acceptors (Lipinski definition) is 9. The van der Waals surface area contributed by atoms with E-state index in [1.165, 1.54) is 7.11 Å². The molecule has 4 aromatic rings. The quantitative estimate of drug-likeness (QED) is 0.0815. The fraction of sp³-hybridized carbons (Fsp3) is 0.143. The van der Waals surface area contributed by atoms with Gasteiger partial charge < -0.3 is 15.3 Å². The Kier molecular flexibility index (Phi) is 17.7. The number of carbonyl (C=O) groups is 2. The predicted octanol–water partition coefficient (Wildman–Crippen LogP) is 3.36. The summed E-state index contributed by atoms with van der Waals surface area (Å²) in [5.41, 5.74) is 16.9. The molecule has 2 heterocycles. The number of nitrogens with zero attached hydrogens (tertiary/aromatic N) is 2. The van der Waals surface area contributed by atoms with E-state index in [0.29, 0.717) is 24.0 Å². The maximum atomic E-state index is 11.6. The molecule has 0 aliphatic heterocycles.